The van der Waals surface area contributed by atoms with Crippen LogP contribution in [0.25, 0.3) is 11.3 Å². The maximum atomic E-state index is 14.5. The lowest BCUT2D eigenvalue weighted by Crippen LogP contribution is -2.32. The largest absolute Gasteiger partial charge is 0.447 e. The molecule has 29 heavy (non-hydrogen) atoms. The Labute approximate surface area is 167 Å². The Morgan fingerprint density at radius 1 is 1.28 bits per heavy atom. The Bertz CT molecular complexity index is 930. The van der Waals surface area contributed by atoms with Crippen molar-refractivity contribution in [1.29, 1.82) is 0 Å². The lowest BCUT2D eigenvalue weighted by Gasteiger charge is -2.27. The highest BCUT2D eigenvalue weighted by Crippen LogP contribution is 2.29. The van der Waals surface area contributed by atoms with Gasteiger partial charge in [-0.3, -0.25) is 9.69 Å². The number of hydrogen-bond donors (Lipinski definition) is 2. The zero-order valence-corrected chi connectivity index (χ0v) is 15.8. The van der Waals surface area contributed by atoms with Crippen LogP contribution in [0.15, 0.2) is 30.5 Å². The van der Waals surface area contributed by atoms with Crippen molar-refractivity contribution in [2.75, 3.05) is 23.4 Å². The van der Waals surface area contributed by atoms with Crippen molar-refractivity contribution in [3.05, 3.63) is 36.3 Å². The normalized spacial score (nSPS) is 21.7. The molecule has 1 aliphatic heterocycles. The van der Waals surface area contributed by atoms with Gasteiger partial charge in [0.2, 0.25) is 11.9 Å². The van der Waals surface area contributed by atoms with Crippen LogP contribution in [-0.2, 0) is 9.53 Å². The number of carbonyl (C=O) groups is 2. The van der Waals surface area contributed by atoms with Crippen molar-refractivity contribution in [3.8, 4) is 11.3 Å². The zero-order chi connectivity index (χ0) is 20.4. The van der Waals surface area contributed by atoms with E-state index in [4.69, 9.17) is 10.5 Å². The molecule has 0 bridgehead atoms. The second-order valence-corrected chi connectivity index (χ2v) is 7.30. The summed E-state index contributed by atoms with van der Waals surface area (Å²) in [7, 11) is 0. The molecule has 9 heteroatoms. The molecule has 1 aliphatic carbocycles. The monoisotopic (exact) mass is 399 g/mol. The molecule has 1 saturated heterocycles. The van der Waals surface area contributed by atoms with Crippen molar-refractivity contribution >= 4 is 23.6 Å². The van der Waals surface area contributed by atoms with E-state index >= 15 is 0 Å². The summed E-state index contributed by atoms with van der Waals surface area (Å²) in [6, 6.07) is 7.06. The minimum atomic E-state index is -0.547. The number of cyclic esters (lactones) is 1. The smallest absolute Gasteiger partial charge is 0.414 e. The van der Waals surface area contributed by atoms with Gasteiger partial charge in [0, 0.05) is 23.2 Å². The number of amides is 2. The van der Waals surface area contributed by atoms with E-state index in [0.29, 0.717) is 30.4 Å². The molecule has 1 aromatic carbocycles. The van der Waals surface area contributed by atoms with Gasteiger partial charge in [-0.15, -0.1) is 0 Å². The van der Waals surface area contributed by atoms with E-state index in [0.717, 1.165) is 31.9 Å². The molecule has 0 spiro atoms. The molecule has 2 aromatic rings. The number of nitrogens with two attached hydrogens (primary N) is 1. The van der Waals surface area contributed by atoms with Gasteiger partial charge < -0.3 is 15.8 Å². The minimum Gasteiger partial charge on any atom is -0.447 e. The predicted molar refractivity (Wildman–Crippen MR) is 105 cm³/mol. The average Bonchev–Trinajstić information content (AvgIpc) is 3.16. The van der Waals surface area contributed by atoms with E-state index in [1.54, 1.807) is 24.3 Å². The standard InChI is InChI=1S/C20H22FN5O3/c21-16-11-23-19(24-14-6-4-12(5-7-14)18(22)27)25-17(16)13-2-1-3-15(10-13)26-8-9-29-20(26)28/h1-3,10-12,14H,4-9H2,(H2,22,27)(H,23,24,25). The number of primary amides is 1. The third-order valence-electron chi connectivity index (χ3n) is 5.40. The lowest BCUT2D eigenvalue weighted by molar-refractivity contribution is -0.122. The van der Waals surface area contributed by atoms with Crippen molar-refractivity contribution < 1.29 is 18.7 Å². The molecule has 2 amide bonds. The highest BCUT2D eigenvalue weighted by molar-refractivity contribution is 5.90. The maximum Gasteiger partial charge on any atom is 0.414 e. The Hall–Kier alpha value is -3.23. The number of anilines is 2. The van der Waals surface area contributed by atoms with Crippen LogP contribution >= 0.6 is 0 Å². The molecule has 3 N–H and O–H groups in total. The molecule has 0 radical (unpaired) electrons. The van der Waals surface area contributed by atoms with Crippen LogP contribution in [0.4, 0.5) is 20.8 Å². The minimum absolute atomic E-state index is 0.0854. The number of rotatable bonds is 5. The van der Waals surface area contributed by atoms with Crippen molar-refractivity contribution in [1.82, 2.24) is 9.97 Å². The van der Waals surface area contributed by atoms with Crippen molar-refractivity contribution in [2.45, 2.75) is 31.7 Å². The van der Waals surface area contributed by atoms with Gasteiger partial charge in [0.1, 0.15) is 12.3 Å². The quantitative estimate of drug-likeness (QED) is 0.800. The third kappa shape index (κ3) is 4.13. The maximum absolute atomic E-state index is 14.5. The molecule has 2 heterocycles. The fourth-order valence-electron chi connectivity index (χ4n) is 3.79. The first-order valence-electron chi connectivity index (χ1n) is 9.64. The summed E-state index contributed by atoms with van der Waals surface area (Å²) in [5, 5.41) is 3.23. The first kappa shape index (κ1) is 19.1. The molecule has 2 fully saturated rings. The highest BCUT2D eigenvalue weighted by atomic mass is 19.1. The van der Waals surface area contributed by atoms with Crippen LogP contribution in [0.2, 0.25) is 0 Å². The first-order chi connectivity index (χ1) is 14.0. The van der Waals surface area contributed by atoms with Crippen LogP contribution in [0, 0.1) is 11.7 Å². The summed E-state index contributed by atoms with van der Waals surface area (Å²) < 4.78 is 19.4. The van der Waals surface area contributed by atoms with Gasteiger partial charge >= 0.3 is 6.09 Å². The van der Waals surface area contributed by atoms with E-state index in [-0.39, 0.29) is 23.6 Å². The van der Waals surface area contributed by atoms with Gasteiger partial charge in [-0.25, -0.2) is 19.2 Å². The number of ether oxygens (including phenoxy) is 1. The van der Waals surface area contributed by atoms with E-state index in [9.17, 15) is 14.0 Å². The molecule has 0 unspecified atom stereocenters. The van der Waals surface area contributed by atoms with Crippen LogP contribution in [-0.4, -0.2) is 41.2 Å². The second kappa shape index (κ2) is 8.02. The fourth-order valence-corrected chi connectivity index (χ4v) is 3.79. The third-order valence-corrected chi connectivity index (χ3v) is 5.40. The van der Waals surface area contributed by atoms with Gasteiger partial charge in [-0.1, -0.05) is 12.1 Å². The number of benzene rings is 1. The SMILES string of the molecule is NC(=O)C1CCC(Nc2ncc(F)c(-c3cccc(N4CCOC4=O)c3)n2)CC1. The van der Waals surface area contributed by atoms with Crippen LogP contribution in [0.1, 0.15) is 25.7 Å². The molecule has 8 nitrogen and oxygen atoms in total. The Kier molecular flexibility index (Phi) is 5.28. The number of nitrogens with zero attached hydrogens (tertiary/aromatic N) is 3. The van der Waals surface area contributed by atoms with Crippen LogP contribution in [0.3, 0.4) is 0 Å². The fraction of sp³-hybridized carbons (Fsp3) is 0.400. The predicted octanol–water partition coefficient (Wildman–Crippen LogP) is 2.70. The Morgan fingerprint density at radius 3 is 2.76 bits per heavy atom. The Morgan fingerprint density at radius 2 is 2.07 bits per heavy atom. The van der Waals surface area contributed by atoms with E-state index in [2.05, 4.69) is 15.3 Å². The van der Waals surface area contributed by atoms with E-state index < -0.39 is 11.9 Å². The summed E-state index contributed by atoms with van der Waals surface area (Å²) in [5.74, 6) is -0.563. The van der Waals surface area contributed by atoms with Gasteiger partial charge in [0.05, 0.1) is 12.7 Å². The summed E-state index contributed by atoms with van der Waals surface area (Å²) in [6.07, 6.45) is 3.70. The Balaban J connectivity index is 1.52. The number of aromatic nitrogens is 2. The second-order valence-electron chi connectivity index (χ2n) is 7.30. The van der Waals surface area contributed by atoms with Gasteiger partial charge in [0.15, 0.2) is 5.82 Å². The summed E-state index contributed by atoms with van der Waals surface area (Å²) in [5.41, 5.74) is 6.70. The number of carbonyl (C=O) groups excluding carboxylic acids is 2. The average molecular weight is 399 g/mol. The highest BCUT2D eigenvalue weighted by Gasteiger charge is 2.26. The van der Waals surface area contributed by atoms with Crippen molar-refractivity contribution in [2.24, 2.45) is 11.7 Å². The summed E-state index contributed by atoms with van der Waals surface area (Å²) in [6.45, 7) is 0.784. The molecule has 2 aliphatic rings. The summed E-state index contributed by atoms with van der Waals surface area (Å²) >= 11 is 0. The number of nitrogens with one attached hydrogen (secondary N) is 1. The first-order valence-corrected chi connectivity index (χ1v) is 9.64. The van der Waals surface area contributed by atoms with Gasteiger partial charge in [-0.05, 0) is 37.8 Å². The topological polar surface area (TPSA) is 110 Å². The van der Waals surface area contributed by atoms with Gasteiger partial charge in [-0.2, -0.15) is 0 Å². The van der Waals surface area contributed by atoms with E-state index in [1.807, 2.05) is 0 Å². The molecule has 1 aromatic heterocycles. The van der Waals surface area contributed by atoms with E-state index in [1.165, 1.54) is 4.90 Å². The van der Waals surface area contributed by atoms with Gasteiger partial charge in [0.25, 0.3) is 0 Å². The zero-order valence-electron chi connectivity index (χ0n) is 15.8. The number of hydrogen-bond acceptors (Lipinski definition) is 6. The molecule has 4 rings (SSSR count). The molecular formula is C20H22FN5O3. The van der Waals surface area contributed by atoms with Crippen LogP contribution in [0.5, 0.6) is 0 Å². The summed E-state index contributed by atoms with van der Waals surface area (Å²) in [4.78, 5) is 33.0. The number of halogens is 1. The lowest BCUT2D eigenvalue weighted by atomic mass is 9.86. The molecular weight excluding hydrogens is 377 g/mol. The molecule has 1 saturated carbocycles. The van der Waals surface area contributed by atoms with Crippen LogP contribution < -0.4 is 16.0 Å². The molecule has 152 valence electrons. The molecule has 0 atom stereocenters. The van der Waals surface area contributed by atoms with Crippen molar-refractivity contribution in [3.63, 3.8) is 0 Å².